The van der Waals surface area contributed by atoms with Crippen molar-refractivity contribution in [1.82, 2.24) is 10.4 Å². The molecule has 6 nitrogen and oxygen atoms in total. The van der Waals surface area contributed by atoms with E-state index in [-0.39, 0.29) is 17.4 Å². The van der Waals surface area contributed by atoms with E-state index in [1.54, 1.807) is 17.1 Å². The summed E-state index contributed by atoms with van der Waals surface area (Å²) < 4.78 is 5.25. The lowest BCUT2D eigenvalue weighted by molar-refractivity contribution is -0.0143. The second-order valence-electron chi connectivity index (χ2n) is 9.49. The summed E-state index contributed by atoms with van der Waals surface area (Å²) >= 11 is 0. The standard InChI is InChI=1S/C24H33BN2O4/c1-7-21(24(4,5)6)27(23(29)19-11-15(2)10-16(3)12-19)26-22(28)17-8-9-18-14-31-25(30)20(18)13-17/h8-13,21-22,26,28,30H,7,14H2,1-6H3. The number of hydrogen-bond acceptors (Lipinski definition) is 5. The monoisotopic (exact) mass is 424 g/mol. The maximum absolute atomic E-state index is 13.6. The number of hydrazine groups is 1. The summed E-state index contributed by atoms with van der Waals surface area (Å²) in [6.45, 7) is 12.6. The molecule has 2 aromatic rings. The Morgan fingerprint density at radius 1 is 1.19 bits per heavy atom. The quantitative estimate of drug-likeness (QED) is 0.377. The zero-order valence-electron chi connectivity index (χ0n) is 19.3. The van der Waals surface area contributed by atoms with E-state index in [1.165, 1.54) is 0 Å². The number of carbonyl (C=O) groups excluding carboxylic acids is 1. The van der Waals surface area contributed by atoms with Gasteiger partial charge in [0, 0.05) is 5.56 Å². The normalized spacial score (nSPS) is 15.5. The summed E-state index contributed by atoms with van der Waals surface area (Å²) in [7, 11) is -0.992. The van der Waals surface area contributed by atoms with Gasteiger partial charge in [0.15, 0.2) is 0 Å². The van der Waals surface area contributed by atoms with Crippen molar-refractivity contribution in [1.29, 1.82) is 0 Å². The maximum atomic E-state index is 13.6. The van der Waals surface area contributed by atoms with Crippen LogP contribution < -0.4 is 10.9 Å². The van der Waals surface area contributed by atoms with Crippen LogP contribution in [0, 0.1) is 19.3 Å². The summed E-state index contributed by atoms with van der Waals surface area (Å²) in [6.07, 6.45) is -0.402. The van der Waals surface area contributed by atoms with Crippen molar-refractivity contribution in [2.45, 2.75) is 66.8 Å². The Morgan fingerprint density at radius 2 is 1.84 bits per heavy atom. The molecule has 0 bridgehead atoms. The fourth-order valence-corrected chi connectivity index (χ4v) is 4.32. The van der Waals surface area contributed by atoms with Gasteiger partial charge in [-0.25, -0.2) is 0 Å². The molecule has 3 rings (SSSR count). The van der Waals surface area contributed by atoms with Crippen LogP contribution in [0.4, 0.5) is 0 Å². The minimum atomic E-state index is -1.12. The van der Waals surface area contributed by atoms with Gasteiger partial charge >= 0.3 is 7.12 Å². The highest BCUT2D eigenvalue weighted by Gasteiger charge is 2.35. The van der Waals surface area contributed by atoms with Crippen LogP contribution in [0.1, 0.15) is 73.0 Å². The first kappa shape index (κ1) is 23.5. The Bertz CT molecular complexity index is 937. The first-order valence-electron chi connectivity index (χ1n) is 10.8. The molecule has 1 aliphatic rings. The molecule has 0 aliphatic carbocycles. The number of amides is 1. The largest absolute Gasteiger partial charge is 0.491 e. The lowest BCUT2D eigenvalue weighted by Crippen LogP contribution is -2.55. The molecular weight excluding hydrogens is 391 g/mol. The lowest BCUT2D eigenvalue weighted by Gasteiger charge is -2.41. The summed E-state index contributed by atoms with van der Waals surface area (Å²) in [4.78, 5) is 13.6. The van der Waals surface area contributed by atoms with E-state index in [2.05, 4.69) is 26.2 Å². The Kier molecular flexibility index (Phi) is 6.91. The lowest BCUT2D eigenvalue weighted by atomic mass is 9.78. The van der Waals surface area contributed by atoms with E-state index in [9.17, 15) is 14.9 Å². The van der Waals surface area contributed by atoms with Crippen LogP contribution in [0.25, 0.3) is 0 Å². The average Bonchev–Trinajstić information content (AvgIpc) is 3.05. The smallest absolute Gasteiger partial charge is 0.423 e. The minimum absolute atomic E-state index is 0.154. The number of nitrogens with one attached hydrogen (secondary N) is 1. The molecule has 31 heavy (non-hydrogen) atoms. The van der Waals surface area contributed by atoms with Crippen LogP contribution in [0.3, 0.4) is 0 Å². The number of hydrogen-bond donors (Lipinski definition) is 3. The topological polar surface area (TPSA) is 82.0 Å². The Labute approximate surface area is 185 Å². The van der Waals surface area contributed by atoms with Gasteiger partial charge in [-0.2, -0.15) is 5.43 Å². The van der Waals surface area contributed by atoms with Gasteiger partial charge in [0.1, 0.15) is 6.23 Å². The average molecular weight is 424 g/mol. The number of rotatable bonds is 6. The number of aliphatic hydroxyl groups excluding tert-OH is 1. The third kappa shape index (κ3) is 5.18. The molecule has 1 heterocycles. The molecule has 2 aromatic carbocycles. The number of aryl methyl sites for hydroxylation is 2. The van der Waals surface area contributed by atoms with Crippen molar-refractivity contribution < 1.29 is 19.6 Å². The van der Waals surface area contributed by atoms with Gasteiger partial charge in [0.05, 0.1) is 12.6 Å². The molecule has 0 radical (unpaired) electrons. The van der Waals surface area contributed by atoms with Crippen molar-refractivity contribution in [3.63, 3.8) is 0 Å². The van der Waals surface area contributed by atoms with E-state index < -0.39 is 13.3 Å². The molecule has 0 saturated heterocycles. The van der Waals surface area contributed by atoms with Gasteiger partial charge in [-0.15, -0.1) is 0 Å². The van der Waals surface area contributed by atoms with Crippen molar-refractivity contribution >= 4 is 18.5 Å². The van der Waals surface area contributed by atoms with Crippen LogP contribution >= 0.6 is 0 Å². The third-order valence-electron chi connectivity index (χ3n) is 5.80. The first-order valence-corrected chi connectivity index (χ1v) is 10.8. The molecule has 3 N–H and O–H groups in total. The first-order chi connectivity index (χ1) is 14.5. The van der Waals surface area contributed by atoms with E-state index in [1.807, 2.05) is 45.0 Å². The zero-order valence-corrected chi connectivity index (χ0v) is 19.3. The minimum Gasteiger partial charge on any atom is -0.423 e. The Balaban J connectivity index is 1.94. The molecule has 166 valence electrons. The van der Waals surface area contributed by atoms with Gasteiger partial charge in [0.25, 0.3) is 5.91 Å². The number of carbonyl (C=O) groups is 1. The molecule has 7 heteroatoms. The van der Waals surface area contributed by atoms with Crippen LogP contribution in [0.2, 0.25) is 0 Å². The second-order valence-corrected chi connectivity index (χ2v) is 9.49. The van der Waals surface area contributed by atoms with Gasteiger partial charge in [-0.05, 0) is 54.4 Å². The number of fused-ring (bicyclic) bond motifs is 1. The van der Waals surface area contributed by atoms with E-state index in [4.69, 9.17) is 4.65 Å². The van der Waals surface area contributed by atoms with Crippen LogP contribution in [0.5, 0.6) is 0 Å². The maximum Gasteiger partial charge on any atom is 0.491 e. The molecule has 0 spiro atoms. The number of benzene rings is 2. The predicted octanol–water partition coefficient (Wildman–Crippen LogP) is 2.98. The van der Waals surface area contributed by atoms with Crippen LogP contribution in [-0.4, -0.2) is 34.2 Å². The molecule has 2 unspecified atom stereocenters. The van der Waals surface area contributed by atoms with Gasteiger partial charge in [-0.1, -0.05) is 63.1 Å². The van der Waals surface area contributed by atoms with Gasteiger partial charge < -0.3 is 14.8 Å². The summed E-state index contributed by atoms with van der Waals surface area (Å²) in [6, 6.07) is 11.0. The predicted molar refractivity (Wildman–Crippen MR) is 123 cm³/mol. The van der Waals surface area contributed by atoms with Crippen molar-refractivity contribution in [2.24, 2.45) is 5.41 Å². The van der Waals surface area contributed by atoms with E-state index in [0.717, 1.165) is 23.1 Å². The highest BCUT2D eigenvalue weighted by atomic mass is 16.5. The van der Waals surface area contributed by atoms with Crippen LogP contribution in [0.15, 0.2) is 36.4 Å². The third-order valence-corrected chi connectivity index (χ3v) is 5.80. The highest BCUT2D eigenvalue weighted by Crippen LogP contribution is 2.29. The van der Waals surface area contributed by atoms with Gasteiger partial charge in [0.2, 0.25) is 0 Å². The molecule has 0 fully saturated rings. The molecule has 2 atom stereocenters. The molecule has 0 saturated carbocycles. The zero-order chi connectivity index (χ0) is 22.9. The SMILES string of the molecule is CCC(N(NC(O)c1ccc2c(c1)B(O)OC2)C(=O)c1cc(C)cc(C)c1)C(C)(C)C. The van der Waals surface area contributed by atoms with Crippen molar-refractivity contribution in [2.75, 3.05) is 0 Å². The van der Waals surface area contributed by atoms with Crippen molar-refractivity contribution in [3.8, 4) is 0 Å². The van der Waals surface area contributed by atoms with Crippen molar-refractivity contribution in [3.05, 3.63) is 64.2 Å². The van der Waals surface area contributed by atoms with E-state index in [0.29, 0.717) is 23.2 Å². The fraction of sp³-hybridized carbons (Fsp3) is 0.458. The Morgan fingerprint density at radius 3 is 2.42 bits per heavy atom. The van der Waals surface area contributed by atoms with E-state index >= 15 is 0 Å². The van der Waals surface area contributed by atoms with Gasteiger partial charge in [-0.3, -0.25) is 9.80 Å². The number of nitrogens with zero attached hydrogens (tertiary/aromatic N) is 1. The summed E-state index contributed by atoms with van der Waals surface area (Å²) in [5.74, 6) is -0.183. The summed E-state index contributed by atoms with van der Waals surface area (Å²) in [5.41, 5.74) is 7.55. The molecular formula is C24H33BN2O4. The highest BCUT2D eigenvalue weighted by molar-refractivity contribution is 6.61. The number of aliphatic hydroxyl groups is 1. The second kappa shape index (κ2) is 9.13. The Hall–Kier alpha value is -2.19. The summed E-state index contributed by atoms with van der Waals surface area (Å²) in [5, 5.41) is 22.6. The fourth-order valence-electron chi connectivity index (χ4n) is 4.32. The molecule has 0 aromatic heterocycles. The van der Waals surface area contributed by atoms with Crippen LogP contribution in [-0.2, 0) is 11.3 Å². The molecule has 1 aliphatic heterocycles. The molecule has 1 amide bonds.